The zero-order chi connectivity index (χ0) is 16.8. The summed E-state index contributed by atoms with van der Waals surface area (Å²) >= 11 is 0. The van der Waals surface area contributed by atoms with Gasteiger partial charge in [-0.3, -0.25) is 10.0 Å². The molecule has 2 N–H and O–H groups in total. The summed E-state index contributed by atoms with van der Waals surface area (Å²) in [6.45, 7) is 0.590. The van der Waals surface area contributed by atoms with Crippen LogP contribution < -0.4 is 10.2 Å². The van der Waals surface area contributed by atoms with Crippen LogP contribution in [0.3, 0.4) is 0 Å². The fraction of sp³-hybridized carbons (Fsp3) is 0.111. The van der Waals surface area contributed by atoms with Crippen molar-refractivity contribution in [3.8, 4) is 17.1 Å². The minimum absolute atomic E-state index is 0.198. The zero-order valence-electron chi connectivity index (χ0n) is 12.8. The number of carbonyl (C=O) groups excluding carboxylic acids is 1. The lowest BCUT2D eigenvalue weighted by Gasteiger charge is -2.06. The van der Waals surface area contributed by atoms with Gasteiger partial charge in [0, 0.05) is 12.0 Å². The highest BCUT2D eigenvalue weighted by molar-refractivity contribution is 5.88. The number of nitrogens with one attached hydrogen (secondary N) is 1. The second-order valence-electron chi connectivity index (χ2n) is 5.08. The normalized spacial score (nSPS) is 10.4. The molecule has 1 aromatic heterocycles. The van der Waals surface area contributed by atoms with E-state index in [4.69, 9.17) is 14.4 Å². The number of hydroxylamine groups is 1. The summed E-state index contributed by atoms with van der Waals surface area (Å²) in [5.41, 5.74) is 3.46. The van der Waals surface area contributed by atoms with Crippen molar-refractivity contribution in [3.63, 3.8) is 0 Å². The van der Waals surface area contributed by atoms with Gasteiger partial charge in [0.2, 0.25) is 0 Å². The van der Waals surface area contributed by atoms with Crippen LogP contribution in [0.5, 0.6) is 5.75 Å². The van der Waals surface area contributed by atoms with Crippen LogP contribution in [0.1, 0.15) is 16.2 Å². The molecule has 0 radical (unpaired) electrons. The molecule has 0 saturated carbocycles. The molecule has 0 unspecified atom stereocenters. The summed E-state index contributed by atoms with van der Waals surface area (Å²) in [7, 11) is 0. The maximum Gasteiger partial charge on any atom is 0.330 e. The summed E-state index contributed by atoms with van der Waals surface area (Å²) in [4.78, 5) is 15.0. The number of nitrogens with zero attached hydrogens (tertiary/aromatic N) is 1. The Bertz CT molecular complexity index is 797. The van der Waals surface area contributed by atoms with Gasteiger partial charge < -0.3 is 9.15 Å². The van der Waals surface area contributed by atoms with Gasteiger partial charge in [-0.25, -0.2) is 10.5 Å². The highest BCUT2D eigenvalue weighted by Gasteiger charge is 2.13. The van der Waals surface area contributed by atoms with Crippen molar-refractivity contribution in [1.82, 2.24) is 10.5 Å². The second kappa shape index (κ2) is 7.43. The van der Waals surface area contributed by atoms with Gasteiger partial charge in [0.15, 0.2) is 5.76 Å². The SMILES string of the molecule is O=C(NO)c1ncc(-c2ccc(OCCc3ccccc3)cc2)o1. The van der Waals surface area contributed by atoms with Crippen LogP contribution in [-0.4, -0.2) is 22.7 Å². The van der Waals surface area contributed by atoms with Gasteiger partial charge in [-0.1, -0.05) is 30.3 Å². The van der Waals surface area contributed by atoms with E-state index in [1.807, 2.05) is 42.5 Å². The number of oxazole rings is 1. The largest absolute Gasteiger partial charge is 0.493 e. The summed E-state index contributed by atoms with van der Waals surface area (Å²) in [6, 6.07) is 17.4. The highest BCUT2D eigenvalue weighted by atomic mass is 16.5. The van der Waals surface area contributed by atoms with Crippen molar-refractivity contribution < 1.29 is 19.2 Å². The Hall–Kier alpha value is -3.12. The Morgan fingerprint density at radius 3 is 2.58 bits per heavy atom. The van der Waals surface area contributed by atoms with Gasteiger partial charge in [-0.05, 0) is 29.8 Å². The third-order valence-corrected chi connectivity index (χ3v) is 3.44. The van der Waals surface area contributed by atoms with Gasteiger partial charge >= 0.3 is 5.91 Å². The van der Waals surface area contributed by atoms with Crippen LogP contribution in [0.25, 0.3) is 11.3 Å². The molecule has 6 heteroatoms. The molecule has 1 amide bonds. The third-order valence-electron chi connectivity index (χ3n) is 3.44. The van der Waals surface area contributed by atoms with Crippen LogP contribution >= 0.6 is 0 Å². The van der Waals surface area contributed by atoms with E-state index in [0.29, 0.717) is 12.4 Å². The molecule has 0 aliphatic heterocycles. The van der Waals surface area contributed by atoms with Crippen molar-refractivity contribution >= 4 is 5.91 Å². The van der Waals surface area contributed by atoms with E-state index in [-0.39, 0.29) is 5.89 Å². The van der Waals surface area contributed by atoms with Crippen molar-refractivity contribution in [2.45, 2.75) is 6.42 Å². The number of carbonyl (C=O) groups is 1. The van der Waals surface area contributed by atoms with Gasteiger partial charge in [-0.15, -0.1) is 0 Å². The van der Waals surface area contributed by atoms with Gasteiger partial charge in [0.1, 0.15) is 5.75 Å². The average Bonchev–Trinajstić information content (AvgIpc) is 3.13. The van der Waals surface area contributed by atoms with Crippen LogP contribution in [-0.2, 0) is 6.42 Å². The summed E-state index contributed by atoms with van der Waals surface area (Å²) in [6.07, 6.45) is 2.26. The maximum absolute atomic E-state index is 11.2. The molecule has 3 aromatic rings. The topological polar surface area (TPSA) is 84.6 Å². The maximum atomic E-state index is 11.2. The lowest BCUT2D eigenvalue weighted by Crippen LogP contribution is -2.18. The van der Waals surface area contributed by atoms with E-state index in [2.05, 4.69) is 17.1 Å². The molecule has 0 bridgehead atoms. The lowest BCUT2D eigenvalue weighted by atomic mass is 10.1. The first kappa shape index (κ1) is 15.8. The first-order valence-electron chi connectivity index (χ1n) is 7.43. The molecular formula is C18H16N2O4. The van der Waals surface area contributed by atoms with Crippen LogP contribution in [0.15, 0.2) is 65.2 Å². The Morgan fingerprint density at radius 1 is 1.12 bits per heavy atom. The second-order valence-corrected chi connectivity index (χ2v) is 5.08. The monoisotopic (exact) mass is 324 g/mol. The molecule has 3 rings (SSSR count). The van der Waals surface area contributed by atoms with Crippen molar-refractivity contribution in [1.29, 1.82) is 0 Å². The first-order chi connectivity index (χ1) is 11.8. The van der Waals surface area contributed by atoms with E-state index in [1.165, 1.54) is 17.2 Å². The quantitative estimate of drug-likeness (QED) is 0.538. The van der Waals surface area contributed by atoms with E-state index in [0.717, 1.165) is 17.7 Å². The average molecular weight is 324 g/mol. The zero-order valence-corrected chi connectivity index (χ0v) is 12.8. The van der Waals surface area contributed by atoms with E-state index in [1.54, 1.807) is 0 Å². The molecule has 1 heterocycles. The van der Waals surface area contributed by atoms with Crippen molar-refractivity contribution in [2.24, 2.45) is 0 Å². The molecule has 122 valence electrons. The van der Waals surface area contributed by atoms with Crippen molar-refractivity contribution in [2.75, 3.05) is 6.61 Å². The fourth-order valence-corrected chi connectivity index (χ4v) is 2.21. The molecule has 0 aliphatic rings. The molecule has 2 aromatic carbocycles. The number of amides is 1. The summed E-state index contributed by atoms with van der Waals surface area (Å²) in [5.74, 6) is 0.199. The van der Waals surface area contributed by atoms with Crippen LogP contribution in [0.4, 0.5) is 0 Å². The molecule has 0 saturated heterocycles. The highest BCUT2D eigenvalue weighted by Crippen LogP contribution is 2.23. The number of aromatic nitrogens is 1. The lowest BCUT2D eigenvalue weighted by molar-refractivity contribution is 0.0669. The Balaban J connectivity index is 1.59. The number of hydrogen-bond acceptors (Lipinski definition) is 5. The molecule has 0 spiro atoms. The molecule has 24 heavy (non-hydrogen) atoms. The molecule has 6 nitrogen and oxygen atoms in total. The minimum Gasteiger partial charge on any atom is -0.493 e. The van der Waals surface area contributed by atoms with Crippen LogP contribution in [0, 0.1) is 0 Å². The molecular weight excluding hydrogens is 308 g/mol. The standard InChI is InChI=1S/C18H16N2O4/c21-17(20-22)18-19-12-16(24-18)14-6-8-15(9-7-14)23-11-10-13-4-2-1-3-5-13/h1-9,12,22H,10-11H2,(H,20,21). The Labute approximate surface area is 138 Å². The number of rotatable bonds is 6. The summed E-state index contributed by atoms with van der Waals surface area (Å²) in [5, 5.41) is 8.55. The summed E-state index contributed by atoms with van der Waals surface area (Å²) < 4.78 is 11.0. The predicted octanol–water partition coefficient (Wildman–Crippen LogP) is 3.08. The van der Waals surface area contributed by atoms with Gasteiger partial charge in [0.05, 0.1) is 12.8 Å². The van der Waals surface area contributed by atoms with E-state index >= 15 is 0 Å². The van der Waals surface area contributed by atoms with E-state index < -0.39 is 5.91 Å². The van der Waals surface area contributed by atoms with Gasteiger partial charge in [0.25, 0.3) is 5.89 Å². The molecule has 0 fully saturated rings. The van der Waals surface area contributed by atoms with E-state index in [9.17, 15) is 4.79 Å². The number of hydrogen-bond donors (Lipinski definition) is 2. The third kappa shape index (κ3) is 3.80. The fourth-order valence-electron chi connectivity index (χ4n) is 2.21. The smallest absolute Gasteiger partial charge is 0.330 e. The van der Waals surface area contributed by atoms with Crippen LogP contribution in [0.2, 0.25) is 0 Å². The van der Waals surface area contributed by atoms with Crippen molar-refractivity contribution in [3.05, 3.63) is 72.2 Å². The molecule has 0 aliphatic carbocycles. The first-order valence-corrected chi connectivity index (χ1v) is 7.43. The number of ether oxygens (including phenoxy) is 1. The van der Waals surface area contributed by atoms with Gasteiger partial charge in [-0.2, -0.15) is 0 Å². The Kier molecular flexibility index (Phi) is 4.88. The predicted molar refractivity (Wildman–Crippen MR) is 86.8 cm³/mol. The molecule has 0 atom stereocenters. The minimum atomic E-state index is -0.790. The number of benzene rings is 2. The Morgan fingerprint density at radius 2 is 1.88 bits per heavy atom.